The second-order valence-corrected chi connectivity index (χ2v) is 8.24. The third-order valence-electron chi connectivity index (χ3n) is 3.48. The van der Waals surface area contributed by atoms with Crippen molar-refractivity contribution in [2.24, 2.45) is 5.92 Å². The van der Waals surface area contributed by atoms with Gasteiger partial charge in [0, 0.05) is 5.54 Å². The predicted molar refractivity (Wildman–Crippen MR) is 65.5 cm³/mol. The maximum Gasteiger partial charge on any atom is 0.504 e. The smallest absolute Gasteiger partial charge is 0.504 e. The lowest BCUT2D eigenvalue weighted by atomic mass is 9.94. The number of carboxylic acid groups (broad SMARTS) is 1. The van der Waals surface area contributed by atoms with Crippen molar-refractivity contribution in [3.63, 3.8) is 0 Å². The number of aliphatic hydroxyl groups excluding tert-OH is 2. The van der Waals surface area contributed by atoms with Gasteiger partial charge in [0.15, 0.2) is 6.10 Å². The molecule has 0 saturated carbocycles. The van der Waals surface area contributed by atoms with E-state index in [1.807, 2.05) is 13.8 Å². The van der Waals surface area contributed by atoms with Crippen molar-refractivity contribution in [1.29, 1.82) is 0 Å². The van der Waals surface area contributed by atoms with E-state index in [0.29, 0.717) is 0 Å². The molecule has 0 spiro atoms. The summed E-state index contributed by atoms with van der Waals surface area (Å²) in [5.74, 6) is -2.24. The third kappa shape index (κ3) is 2.30. The van der Waals surface area contributed by atoms with Crippen LogP contribution in [0, 0.1) is 5.92 Å². The quantitative estimate of drug-likeness (QED) is 0.506. The zero-order chi connectivity index (χ0) is 14.4. The molecular weight excluding hydrogens is 272 g/mol. The van der Waals surface area contributed by atoms with Gasteiger partial charge in [0.2, 0.25) is 0 Å². The summed E-state index contributed by atoms with van der Waals surface area (Å²) >= 11 is 0. The monoisotopic (exact) mass is 290 g/mol. The number of aliphatic carboxylic acids is 1. The summed E-state index contributed by atoms with van der Waals surface area (Å²) < 4.78 is 16.8. The highest BCUT2D eigenvalue weighted by Crippen LogP contribution is 2.41. The molecule has 2 aliphatic heterocycles. The van der Waals surface area contributed by atoms with Crippen LogP contribution in [0.15, 0.2) is 12.3 Å². The maximum absolute atomic E-state index is 11.2. The zero-order valence-electron chi connectivity index (χ0n) is 10.8. The van der Waals surface area contributed by atoms with Crippen molar-refractivity contribution in [3.8, 4) is 0 Å². The first kappa shape index (κ1) is 14.5. The number of rotatable bonds is 3. The molecule has 0 aromatic heterocycles. The lowest BCUT2D eigenvalue weighted by Gasteiger charge is -2.29. The maximum atomic E-state index is 11.2. The first-order valence-corrected chi connectivity index (χ1v) is 7.87. The van der Waals surface area contributed by atoms with Crippen molar-refractivity contribution in [2.45, 2.75) is 37.7 Å². The highest BCUT2D eigenvalue weighted by molar-refractivity contribution is 6.63. The number of hydrogen-bond acceptors (Lipinski definition) is 6. The number of hydrogen-bond donors (Lipinski definition) is 3. The van der Waals surface area contributed by atoms with Crippen LogP contribution in [0.4, 0.5) is 0 Å². The summed E-state index contributed by atoms with van der Waals surface area (Å²) in [6.45, 7) is 7.01. The fourth-order valence-electron chi connectivity index (χ4n) is 2.30. The Hall–Kier alpha value is -0.933. The number of carbonyl (C=O) groups is 1. The van der Waals surface area contributed by atoms with Crippen molar-refractivity contribution >= 4 is 14.8 Å². The second kappa shape index (κ2) is 4.87. The Morgan fingerprint density at radius 3 is 2.47 bits per heavy atom. The summed E-state index contributed by atoms with van der Waals surface area (Å²) in [6.07, 6.45) is -3.57. The van der Waals surface area contributed by atoms with Crippen LogP contribution in [-0.2, 0) is 18.1 Å². The van der Waals surface area contributed by atoms with Crippen molar-refractivity contribution < 1.29 is 33.4 Å². The molecule has 3 N–H and O–H groups in total. The largest absolute Gasteiger partial charge is 0.512 e. The van der Waals surface area contributed by atoms with Crippen LogP contribution in [0.3, 0.4) is 0 Å². The average Bonchev–Trinajstić information content (AvgIpc) is 2.62. The Bertz CT molecular complexity index is 399. The summed E-state index contributed by atoms with van der Waals surface area (Å²) in [5.41, 5.74) is -0.141. The highest BCUT2D eigenvalue weighted by Gasteiger charge is 2.63. The Kier molecular flexibility index (Phi) is 3.71. The minimum atomic E-state index is -3.16. The van der Waals surface area contributed by atoms with Crippen LogP contribution in [0.2, 0.25) is 5.54 Å². The lowest BCUT2D eigenvalue weighted by Crippen LogP contribution is -2.48. The number of aliphatic hydroxyl groups is 2. The third-order valence-corrected chi connectivity index (χ3v) is 6.65. The van der Waals surface area contributed by atoms with E-state index in [2.05, 4.69) is 6.58 Å². The lowest BCUT2D eigenvalue weighted by molar-refractivity contribution is -0.150. The molecule has 5 unspecified atom stereocenters. The topological polar surface area (TPSA) is 105 Å². The second-order valence-electron chi connectivity index (χ2n) is 5.12. The molecule has 5 atom stereocenters. The molecule has 2 heterocycles. The SMILES string of the molecule is C=C(O)C1CO[Si]2(C(C)C)OC(C(=O)O)C(O2)C1O. The summed E-state index contributed by atoms with van der Waals surface area (Å²) in [5, 5.41) is 28.8. The van der Waals surface area contributed by atoms with Crippen molar-refractivity contribution in [1.82, 2.24) is 0 Å². The molecular formula is C11H18O7Si. The van der Waals surface area contributed by atoms with E-state index in [1.165, 1.54) is 0 Å². The molecule has 2 saturated heterocycles. The molecule has 2 rings (SSSR count). The Morgan fingerprint density at radius 1 is 1.37 bits per heavy atom. The van der Waals surface area contributed by atoms with E-state index in [9.17, 15) is 15.0 Å². The summed E-state index contributed by atoms with van der Waals surface area (Å²) in [4.78, 5) is 11.2. The fraction of sp³-hybridized carbons (Fsp3) is 0.727. The molecule has 108 valence electrons. The molecule has 0 aliphatic carbocycles. The van der Waals surface area contributed by atoms with E-state index in [1.54, 1.807) is 0 Å². The molecule has 0 amide bonds. The molecule has 0 aromatic carbocycles. The fourth-order valence-corrected chi connectivity index (χ4v) is 5.01. The van der Waals surface area contributed by atoms with Gasteiger partial charge in [0.25, 0.3) is 0 Å². The van der Waals surface area contributed by atoms with Crippen LogP contribution in [0.25, 0.3) is 0 Å². The van der Waals surface area contributed by atoms with Gasteiger partial charge >= 0.3 is 14.8 Å². The summed E-state index contributed by atoms with van der Waals surface area (Å²) in [7, 11) is -3.16. The molecule has 0 aromatic rings. The van der Waals surface area contributed by atoms with E-state index in [0.717, 1.165) is 0 Å². The van der Waals surface area contributed by atoms with Gasteiger partial charge in [-0.05, 0) is 0 Å². The Balaban J connectivity index is 2.36. The van der Waals surface area contributed by atoms with Gasteiger partial charge in [-0.1, -0.05) is 20.4 Å². The van der Waals surface area contributed by atoms with E-state index in [4.69, 9.17) is 18.4 Å². The molecule has 2 aliphatic rings. The highest BCUT2D eigenvalue weighted by atomic mass is 28.4. The normalized spacial score (nSPS) is 42.1. The Morgan fingerprint density at radius 2 is 2.00 bits per heavy atom. The van der Waals surface area contributed by atoms with Gasteiger partial charge < -0.3 is 28.6 Å². The van der Waals surface area contributed by atoms with Crippen LogP contribution < -0.4 is 0 Å². The molecule has 8 heteroatoms. The van der Waals surface area contributed by atoms with Crippen LogP contribution >= 0.6 is 0 Å². The first-order valence-electron chi connectivity index (χ1n) is 6.06. The van der Waals surface area contributed by atoms with Gasteiger partial charge in [0.1, 0.15) is 6.10 Å². The first-order chi connectivity index (χ1) is 8.78. The molecule has 2 bridgehead atoms. The van der Waals surface area contributed by atoms with Crippen molar-refractivity contribution in [2.75, 3.05) is 6.61 Å². The minimum absolute atomic E-state index is 0.00371. The van der Waals surface area contributed by atoms with Crippen LogP contribution in [0.1, 0.15) is 13.8 Å². The molecule has 19 heavy (non-hydrogen) atoms. The van der Waals surface area contributed by atoms with Gasteiger partial charge in [-0.25, -0.2) is 4.79 Å². The van der Waals surface area contributed by atoms with E-state index >= 15 is 0 Å². The van der Waals surface area contributed by atoms with E-state index < -0.39 is 39.0 Å². The van der Waals surface area contributed by atoms with Gasteiger partial charge in [-0.2, -0.15) is 0 Å². The number of fused-ring (bicyclic) bond motifs is 2. The predicted octanol–water partition coefficient (Wildman–Crippen LogP) is 0.283. The standard InChI is InChI=1S/C11H18O7Si/c1-5(2)19-16-4-7(6(3)12)8(13)9(17-19)10(18-19)11(14)15/h5,7-10,12-13H,3-4H2,1-2H3,(H,14,15). The average molecular weight is 290 g/mol. The van der Waals surface area contributed by atoms with Crippen LogP contribution in [-0.4, -0.2) is 55.0 Å². The van der Waals surface area contributed by atoms with E-state index in [-0.39, 0.29) is 17.9 Å². The number of carboxylic acids is 1. The van der Waals surface area contributed by atoms with Gasteiger partial charge in [-0.3, -0.25) is 0 Å². The van der Waals surface area contributed by atoms with Gasteiger partial charge in [-0.15, -0.1) is 0 Å². The molecule has 2 fully saturated rings. The summed E-state index contributed by atoms with van der Waals surface area (Å²) in [6, 6.07) is 0. The van der Waals surface area contributed by atoms with Crippen LogP contribution in [0.5, 0.6) is 0 Å². The Labute approximate surface area is 111 Å². The van der Waals surface area contributed by atoms with Gasteiger partial charge in [0.05, 0.1) is 24.4 Å². The zero-order valence-corrected chi connectivity index (χ0v) is 11.8. The molecule has 0 radical (unpaired) electrons. The minimum Gasteiger partial charge on any atom is -0.512 e. The van der Waals surface area contributed by atoms with Crippen molar-refractivity contribution in [3.05, 3.63) is 12.3 Å². The molecule has 7 nitrogen and oxygen atoms in total.